The van der Waals surface area contributed by atoms with Crippen LogP contribution in [0.15, 0.2) is 24.3 Å². The molecule has 3 N–H and O–H groups in total. The first-order valence-electron chi connectivity index (χ1n) is 7.01. The number of nitrogens with two attached hydrogens (primary N) is 1. The minimum Gasteiger partial charge on any atom is -0.483 e. The van der Waals surface area contributed by atoms with Crippen LogP contribution >= 0.6 is 12.2 Å². The third-order valence-corrected chi connectivity index (χ3v) is 2.94. The molecule has 0 aliphatic rings. The van der Waals surface area contributed by atoms with Gasteiger partial charge in [-0.15, -0.1) is 0 Å². The molecular formula is C15H22N2O3S. The molecule has 1 aromatic carbocycles. The number of hydrogen-bond donors (Lipinski definition) is 2. The van der Waals surface area contributed by atoms with Crippen molar-refractivity contribution in [3.05, 3.63) is 29.8 Å². The SMILES string of the molecule is CCCCOCCNC(=O)COc1ccccc1C(N)=S. The van der Waals surface area contributed by atoms with Crippen LogP contribution < -0.4 is 15.8 Å². The summed E-state index contributed by atoms with van der Waals surface area (Å²) in [6.45, 7) is 3.74. The first kappa shape index (κ1) is 17.4. The molecule has 1 rings (SSSR count). The van der Waals surface area contributed by atoms with E-state index in [9.17, 15) is 4.79 Å². The monoisotopic (exact) mass is 310 g/mol. The Balaban J connectivity index is 2.26. The van der Waals surface area contributed by atoms with Crippen LogP contribution in [0.4, 0.5) is 0 Å². The second-order valence-corrected chi connectivity index (χ2v) is 4.90. The van der Waals surface area contributed by atoms with Gasteiger partial charge in [0.25, 0.3) is 5.91 Å². The molecular weight excluding hydrogens is 288 g/mol. The molecule has 0 fully saturated rings. The van der Waals surface area contributed by atoms with Crippen LogP contribution in [0, 0.1) is 0 Å². The number of ether oxygens (including phenoxy) is 2. The quantitative estimate of drug-likeness (QED) is 0.507. The normalized spacial score (nSPS) is 10.1. The zero-order chi connectivity index (χ0) is 15.5. The van der Waals surface area contributed by atoms with Gasteiger partial charge in [0.2, 0.25) is 0 Å². The van der Waals surface area contributed by atoms with Crippen molar-refractivity contribution in [3.8, 4) is 5.75 Å². The Bertz CT molecular complexity index is 466. The standard InChI is InChI=1S/C15H22N2O3S/c1-2-3-9-19-10-8-17-14(18)11-20-13-7-5-4-6-12(13)15(16)21/h4-7H,2-3,8-11H2,1H3,(H2,16,21)(H,17,18). The van der Waals surface area contributed by atoms with Gasteiger partial charge < -0.3 is 20.5 Å². The van der Waals surface area contributed by atoms with E-state index >= 15 is 0 Å². The van der Waals surface area contributed by atoms with E-state index in [2.05, 4.69) is 12.2 Å². The number of rotatable bonds is 10. The Labute approximate surface area is 130 Å². The van der Waals surface area contributed by atoms with Crippen molar-refractivity contribution in [2.24, 2.45) is 5.73 Å². The van der Waals surface area contributed by atoms with Crippen LogP contribution in [0.3, 0.4) is 0 Å². The summed E-state index contributed by atoms with van der Waals surface area (Å²) in [7, 11) is 0. The van der Waals surface area contributed by atoms with Gasteiger partial charge in [-0.2, -0.15) is 0 Å². The van der Waals surface area contributed by atoms with Crippen LogP contribution in [-0.4, -0.2) is 37.3 Å². The molecule has 5 nitrogen and oxygen atoms in total. The Hall–Kier alpha value is -1.66. The summed E-state index contributed by atoms with van der Waals surface area (Å²) in [5, 5.41) is 2.73. The van der Waals surface area contributed by atoms with Crippen LogP contribution in [0.1, 0.15) is 25.3 Å². The molecule has 0 spiro atoms. The summed E-state index contributed by atoms with van der Waals surface area (Å²) < 4.78 is 10.8. The topological polar surface area (TPSA) is 73.6 Å². The van der Waals surface area contributed by atoms with Crippen LogP contribution in [-0.2, 0) is 9.53 Å². The molecule has 21 heavy (non-hydrogen) atoms. The lowest BCUT2D eigenvalue weighted by Gasteiger charge is -2.10. The van der Waals surface area contributed by atoms with E-state index in [1.54, 1.807) is 18.2 Å². The van der Waals surface area contributed by atoms with Gasteiger partial charge in [0.15, 0.2) is 6.61 Å². The van der Waals surface area contributed by atoms with E-state index < -0.39 is 0 Å². The molecule has 0 saturated carbocycles. The lowest BCUT2D eigenvalue weighted by molar-refractivity contribution is -0.123. The fourth-order valence-corrected chi connectivity index (χ4v) is 1.77. The largest absolute Gasteiger partial charge is 0.483 e. The van der Waals surface area contributed by atoms with Gasteiger partial charge in [-0.05, 0) is 18.6 Å². The third-order valence-electron chi connectivity index (χ3n) is 2.72. The van der Waals surface area contributed by atoms with Crippen molar-refractivity contribution in [3.63, 3.8) is 0 Å². The predicted octanol–water partition coefficient (Wildman–Crippen LogP) is 1.63. The van der Waals surface area contributed by atoms with Crippen molar-refractivity contribution in [1.29, 1.82) is 0 Å². The molecule has 1 amide bonds. The number of nitrogens with one attached hydrogen (secondary N) is 1. The Morgan fingerprint density at radius 3 is 2.81 bits per heavy atom. The summed E-state index contributed by atoms with van der Waals surface area (Å²) in [6, 6.07) is 7.11. The molecule has 0 aliphatic heterocycles. The zero-order valence-electron chi connectivity index (χ0n) is 12.3. The zero-order valence-corrected chi connectivity index (χ0v) is 13.1. The van der Waals surface area contributed by atoms with Gasteiger partial charge in [-0.3, -0.25) is 4.79 Å². The Morgan fingerprint density at radius 1 is 1.33 bits per heavy atom. The van der Waals surface area contributed by atoms with Crippen molar-refractivity contribution < 1.29 is 14.3 Å². The molecule has 0 aliphatic carbocycles. The molecule has 0 heterocycles. The summed E-state index contributed by atoms with van der Waals surface area (Å²) in [5.41, 5.74) is 6.22. The average Bonchev–Trinajstić information content (AvgIpc) is 2.49. The minimum absolute atomic E-state index is 0.0748. The number of amides is 1. The molecule has 0 unspecified atom stereocenters. The van der Waals surface area contributed by atoms with Crippen molar-refractivity contribution in [2.75, 3.05) is 26.4 Å². The smallest absolute Gasteiger partial charge is 0.258 e. The molecule has 0 aromatic heterocycles. The lowest BCUT2D eigenvalue weighted by Crippen LogP contribution is -2.32. The second-order valence-electron chi connectivity index (χ2n) is 4.46. The van der Waals surface area contributed by atoms with Crippen LogP contribution in [0.2, 0.25) is 0 Å². The van der Waals surface area contributed by atoms with E-state index in [0.717, 1.165) is 19.4 Å². The highest BCUT2D eigenvalue weighted by Gasteiger charge is 2.07. The Kier molecular flexibility index (Phi) is 8.38. The molecule has 6 heteroatoms. The van der Waals surface area contributed by atoms with E-state index in [4.69, 9.17) is 27.4 Å². The third kappa shape index (κ3) is 7.06. The molecule has 1 aromatic rings. The first-order chi connectivity index (χ1) is 10.1. The molecule has 0 bridgehead atoms. The minimum atomic E-state index is -0.202. The maximum atomic E-state index is 11.6. The second kappa shape index (κ2) is 10.1. The molecule has 0 saturated heterocycles. The Morgan fingerprint density at radius 2 is 2.10 bits per heavy atom. The molecule has 0 radical (unpaired) electrons. The molecule has 0 atom stereocenters. The number of benzene rings is 1. The maximum absolute atomic E-state index is 11.6. The highest BCUT2D eigenvalue weighted by Crippen LogP contribution is 2.17. The number of thiocarbonyl (C=S) groups is 1. The molecule has 116 valence electrons. The van der Waals surface area contributed by atoms with Crippen molar-refractivity contribution in [2.45, 2.75) is 19.8 Å². The number of hydrogen-bond acceptors (Lipinski definition) is 4. The summed E-state index contributed by atoms with van der Waals surface area (Å²) >= 11 is 4.93. The van der Waals surface area contributed by atoms with Gasteiger partial charge in [0.05, 0.1) is 12.2 Å². The van der Waals surface area contributed by atoms with Gasteiger partial charge in [0.1, 0.15) is 10.7 Å². The summed E-state index contributed by atoms with van der Waals surface area (Å²) in [5.74, 6) is 0.311. The van der Waals surface area contributed by atoms with E-state index in [0.29, 0.717) is 24.5 Å². The maximum Gasteiger partial charge on any atom is 0.258 e. The highest BCUT2D eigenvalue weighted by molar-refractivity contribution is 7.80. The number of unbranched alkanes of at least 4 members (excludes halogenated alkanes) is 1. The number of para-hydroxylation sites is 1. The van der Waals surface area contributed by atoms with Crippen molar-refractivity contribution in [1.82, 2.24) is 5.32 Å². The van der Waals surface area contributed by atoms with Gasteiger partial charge in [-0.1, -0.05) is 37.7 Å². The number of carbonyl (C=O) groups is 1. The van der Waals surface area contributed by atoms with E-state index in [-0.39, 0.29) is 17.5 Å². The highest BCUT2D eigenvalue weighted by atomic mass is 32.1. The fourth-order valence-electron chi connectivity index (χ4n) is 1.60. The summed E-state index contributed by atoms with van der Waals surface area (Å²) in [4.78, 5) is 11.9. The van der Waals surface area contributed by atoms with Crippen LogP contribution in [0.5, 0.6) is 5.75 Å². The van der Waals surface area contributed by atoms with Gasteiger partial charge >= 0.3 is 0 Å². The first-order valence-corrected chi connectivity index (χ1v) is 7.42. The van der Waals surface area contributed by atoms with Gasteiger partial charge in [-0.25, -0.2) is 0 Å². The van der Waals surface area contributed by atoms with Crippen LogP contribution in [0.25, 0.3) is 0 Å². The lowest BCUT2D eigenvalue weighted by atomic mass is 10.2. The predicted molar refractivity (Wildman–Crippen MR) is 86.6 cm³/mol. The average molecular weight is 310 g/mol. The van der Waals surface area contributed by atoms with Crippen molar-refractivity contribution >= 4 is 23.1 Å². The van der Waals surface area contributed by atoms with Gasteiger partial charge in [0, 0.05) is 13.2 Å². The fraction of sp³-hybridized carbons (Fsp3) is 0.467. The number of carbonyl (C=O) groups excluding carboxylic acids is 1. The van der Waals surface area contributed by atoms with E-state index in [1.165, 1.54) is 0 Å². The summed E-state index contributed by atoms with van der Waals surface area (Å²) in [6.07, 6.45) is 2.13. The van der Waals surface area contributed by atoms with E-state index in [1.807, 2.05) is 6.07 Å².